The fraction of sp³-hybridized carbons (Fsp3) is 0.143. The topological polar surface area (TPSA) is 72.5 Å². The van der Waals surface area contributed by atoms with Crippen molar-refractivity contribution in [3.8, 4) is 11.5 Å². The monoisotopic (exact) mass is 363 g/mol. The Balaban J connectivity index is 1.63. The molecule has 1 heterocycles. The molecule has 0 atom stereocenters. The fourth-order valence-electron chi connectivity index (χ4n) is 2.50. The number of hydrogen-bond acceptors (Lipinski definition) is 5. The highest BCUT2D eigenvalue weighted by atomic mass is 16.5. The van der Waals surface area contributed by atoms with Crippen molar-refractivity contribution in [2.45, 2.75) is 6.54 Å². The maximum atomic E-state index is 12.5. The second kappa shape index (κ2) is 8.71. The number of anilines is 2. The van der Waals surface area contributed by atoms with Crippen molar-refractivity contribution in [1.82, 2.24) is 4.98 Å². The second-order valence-corrected chi connectivity index (χ2v) is 5.83. The van der Waals surface area contributed by atoms with Crippen molar-refractivity contribution in [3.63, 3.8) is 0 Å². The van der Waals surface area contributed by atoms with Crippen LogP contribution in [-0.4, -0.2) is 25.1 Å². The minimum absolute atomic E-state index is 0.265. The summed E-state index contributed by atoms with van der Waals surface area (Å²) in [4.78, 5) is 16.8. The number of benzene rings is 2. The van der Waals surface area contributed by atoms with E-state index in [2.05, 4.69) is 15.6 Å². The van der Waals surface area contributed by atoms with Crippen LogP contribution in [0.2, 0.25) is 0 Å². The van der Waals surface area contributed by atoms with Gasteiger partial charge in [0.1, 0.15) is 17.3 Å². The number of carbonyl (C=O) groups is 1. The van der Waals surface area contributed by atoms with Gasteiger partial charge in [-0.3, -0.25) is 4.79 Å². The Hall–Kier alpha value is -3.54. The largest absolute Gasteiger partial charge is 0.497 e. The van der Waals surface area contributed by atoms with Gasteiger partial charge in [0.15, 0.2) is 0 Å². The van der Waals surface area contributed by atoms with Crippen LogP contribution >= 0.6 is 0 Å². The number of aromatic nitrogens is 1. The van der Waals surface area contributed by atoms with Crippen molar-refractivity contribution >= 4 is 17.4 Å². The molecule has 1 aromatic heterocycles. The highest BCUT2D eigenvalue weighted by Gasteiger charge is 2.10. The minimum atomic E-state index is -0.265. The first kappa shape index (κ1) is 18.3. The maximum Gasteiger partial charge on any atom is 0.255 e. The van der Waals surface area contributed by atoms with Crippen LogP contribution in [0.15, 0.2) is 66.9 Å². The van der Waals surface area contributed by atoms with Crippen LogP contribution in [0.4, 0.5) is 11.5 Å². The number of nitrogens with zero attached hydrogens (tertiary/aromatic N) is 1. The van der Waals surface area contributed by atoms with Crippen LogP contribution in [0, 0.1) is 0 Å². The number of pyridine rings is 1. The van der Waals surface area contributed by atoms with Gasteiger partial charge in [-0.15, -0.1) is 0 Å². The summed E-state index contributed by atoms with van der Waals surface area (Å²) in [5.41, 5.74) is 2.22. The van der Waals surface area contributed by atoms with Gasteiger partial charge in [0.25, 0.3) is 5.91 Å². The zero-order chi connectivity index (χ0) is 19.1. The average Bonchev–Trinajstić information content (AvgIpc) is 2.73. The van der Waals surface area contributed by atoms with E-state index < -0.39 is 0 Å². The number of rotatable bonds is 7. The molecule has 0 aliphatic carbocycles. The molecule has 2 N–H and O–H groups in total. The van der Waals surface area contributed by atoms with Crippen LogP contribution in [0.5, 0.6) is 11.5 Å². The van der Waals surface area contributed by atoms with E-state index >= 15 is 0 Å². The highest BCUT2D eigenvalue weighted by molar-refractivity contribution is 6.04. The molecule has 3 aromatic rings. The van der Waals surface area contributed by atoms with Crippen LogP contribution in [-0.2, 0) is 6.54 Å². The third kappa shape index (κ3) is 4.98. The third-order valence-corrected chi connectivity index (χ3v) is 3.95. The Bertz CT molecular complexity index is 874. The standard InChI is InChI=1S/C21H21N3O3/c1-26-18-10-16(11-19(12-18)27-2)21(25)24-17-8-9-20(23-14-17)22-13-15-6-4-3-5-7-15/h3-12,14H,13H2,1-2H3,(H,22,23)(H,24,25). The Morgan fingerprint density at radius 1 is 0.963 bits per heavy atom. The Kier molecular flexibility index (Phi) is 5.89. The van der Waals surface area contributed by atoms with E-state index in [4.69, 9.17) is 9.47 Å². The summed E-state index contributed by atoms with van der Waals surface area (Å²) in [7, 11) is 3.09. The molecule has 0 fully saturated rings. The summed E-state index contributed by atoms with van der Waals surface area (Å²) in [6.07, 6.45) is 1.61. The summed E-state index contributed by atoms with van der Waals surface area (Å²) in [5.74, 6) is 1.58. The predicted octanol–water partition coefficient (Wildman–Crippen LogP) is 3.96. The van der Waals surface area contributed by atoms with Crippen LogP contribution < -0.4 is 20.1 Å². The molecule has 0 saturated carbocycles. The van der Waals surface area contributed by atoms with Crippen LogP contribution in [0.1, 0.15) is 15.9 Å². The van der Waals surface area contributed by atoms with Gasteiger partial charge in [0.05, 0.1) is 26.1 Å². The van der Waals surface area contributed by atoms with E-state index in [9.17, 15) is 4.79 Å². The van der Waals surface area contributed by atoms with E-state index in [-0.39, 0.29) is 5.91 Å². The maximum absolute atomic E-state index is 12.5. The number of carbonyl (C=O) groups excluding carboxylic acids is 1. The molecule has 0 spiro atoms. The van der Waals surface area contributed by atoms with Gasteiger partial charge in [-0.05, 0) is 29.8 Å². The lowest BCUT2D eigenvalue weighted by atomic mass is 10.2. The number of nitrogens with one attached hydrogen (secondary N) is 2. The number of hydrogen-bond donors (Lipinski definition) is 2. The van der Waals surface area contributed by atoms with Crippen molar-refractivity contribution in [2.24, 2.45) is 0 Å². The molecule has 0 bridgehead atoms. The zero-order valence-corrected chi connectivity index (χ0v) is 15.2. The van der Waals surface area contributed by atoms with Gasteiger partial charge in [0.2, 0.25) is 0 Å². The molecule has 0 aliphatic rings. The lowest BCUT2D eigenvalue weighted by Crippen LogP contribution is -2.12. The number of ether oxygens (including phenoxy) is 2. The average molecular weight is 363 g/mol. The lowest BCUT2D eigenvalue weighted by Gasteiger charge is -2.10. The molecule has 3 rings (SSSR count). The summed E-state index contributed by atoms with van der Waals surface area (Å²) < 4.78 is 10.4. The van der Waals surface area contributed by atoms with Gasteiger partial charge in [-0.25, -0.2) is 4.98 Å². The molecule has 27 heavy (non-hydrogen) atoms. The van der Waals surface area contributed by atoms with Crippen molar-refractivity contribution in [2.75, 3.05) is 24.9 Å². The quantitative estimate of drug-likeness (QED) is 0.665. The Labute approximate surface area is 158 Å². The second-order valence-electron chi connectivity index (χ2n) is 5.83. The fourth-order valence-corrected chi connectivity index (χ4v) is 2.50. The summed E-state index contributed by atoms with van der Waals surface area (Å²) >= 11 is 0. The summed E-state index contributed by atoms with van der Waals surface area (Å²) in [5, 5.41) is 6.07. The van der Waals surface area contributed by atoms with Gasteiger partial charge in [-0.2, -0.15) is 0 Å². The smallest absolute Gasteiger partial charge is 0.255 e. The van der Waals surface area contributed by atoms with Crippen LogP contribution in [0.3, 0.4) is 0 Å². The molecule has 1 amide bonds. The Morgan fingerprint density at radius 2 is 1.67 bits per heavy atom. The molecule has 6 heteroatoms. The van der Waals surface area contributed by atoms with E-state index in [1.165, 1.54) is 5.56 Å². The lowest BCUT2D eigenvalue weighted by molar-refractivity contribution is 0.102. The normalized spacial score (nSPS) is 10.1. The molecular formula is C21H21N3O3. The SMILES string of the molecule is COc1cc(OC)cc(C(=O)Nc2ccc(NCc3ccccc3)nc2)c1. The van der Waals surface area contributed by atoms with Crippen molar-refractivity contribution in [3.05, 3.63) is 78.0 Å². The van der Waals surface area contributed by atoms with Gasteiger partial charge < -0.3 is 20.1 Å². The molecule has 2 aromatic carbocycles. The minimum Gasteiger partial charge on any atom is -0.497 e. The molecule has 6 nitrogen and oxygen atoms in total. The first-order valence-corrected chi connectivity index (χ1v) is 8.46. The molecule has 0 saturated heterocycles. The first-order valence-electron chi connectivity index (χ1n) is 8.46. The van der Waals surface area contributed by atoms with Gasteiger partial charge in [0, 0.05) is 18.2 Å². The molecule has 0 aliphatic heterocycles. The zero-order valence-electron chi connectivity index (χ0n) is 15.2. The van der Waals surface area contributed by atoms with E-state index in [0.29, 0.717) is 29.3 Å². The molecule has 0 radical (unpaired) electrons. The Morgan fingerprint density at radius 3 is 2.26 bits per heavy atom. The van der Waals surface area contributed by atoms with Gasteiger partial charge >= 0.3 is 0 Å². The van der Waals surface area contributed by atoms with E-state index in [1.807, 2.05) is 36.4 Å². The first-order chi connectivity index (χ1) is 13.2. The number of methoxy groups -OCH3 is 2. The highest BCUT2D eigenvalue weighted by Crippen LogP contribution is 2.23. The molecular weight excluding hydrogens is 342 g/mol. The van der Waals surface area contributed by atoms with Gasteiger partial charge in [-0.1, -0.05) is 30.3 Å². The van der Waals surface area contributed by atoms with E-state index in [0.717, 1.165) is 5.82 Å². The van der Waals surface area contributed by atoms with Crippen LogP contribution in [0.25, 0.3) is 0 Å². The summed E-state index contributed by atoms with van der Waals surface area (Å²) in [6.45, 7) is 0.684. The summed E-state index contributed by atoms with van der Waals surface area (Å²) in [6, 6.07) is 18.7. The molecule has 0 unspecified atom stereocenters. The van der Waals surface area contributed by atoms with Crippen molar-refractivity contribution in [1.29, 1.82) is 0 Å². The predicted molar refractivity (Wildman–Crippen MR) is 106 cm³/mol. The van der Waals surface area contributed by atoms with E-state index in [1.54, 1.807) is 44.7 Å². The van der Waals surface area contributed by atoms with Crippen molar-refractivity contribution < 1.29 is 14.3 Å². The molecule has 138 valence electrons. The number of amides is 1. The third-order valence-electron chi connectivity index (χ3n) is 3.95.